The minimum absolute atomic E-state index is 0.213. The van der Waals surface area contributed by atoms with Gasteiger partial charge in [0.1, 0.15) is 6.04 Å². The maximum absolute atomic E-state index is 13.3. The Labute approximate surface area is 162 Å². The SMILES string of the molecule is CC(C)[C@H](C(=O)NO)N(Cc1cccnc1)S(=O)(=O)c1cccc([N+](=O)[O-])c1. The van der Waals surface area contributed by atoms with E-state index in [1.54, 1.807) is 26.0 Å². The molecule has 0 fully saturated rings. The first-order valence-electron chi connectivity index (χ1n) is 8.27. The van der Waals surface area contributed by atoms with Crippen LogP contribution in [0.3, 0.4) is 0 Å². The van der Waals surface area contributed by atoms with Crippen molar-refractivity contribution in [1.82, 2.24) is 14.8 Å². The van der Waals surface area contributed by atoms with E-state index in [4.69, 9.17) is 5.21 Å². The Kier molecular flexibility index (Phi) is 6.78. The van der Waals surface area contributed by atoms with Gasteiger partial charge in [-0.1, -0.05) is 26.0 Å². The van der Waals surface area contributed by atoms with Crippen LogP contribution in [-0.2, 0) is 21.4 Å². The average Bonchev–Trinajstić information content (AvgIpc) is 2.67. The van der Waals surface area contributed by atoms with E-state index in [1.165, 1.54) is 36.1 Å². The summed E-state index contributed by atoms with van der Waals surface area (Å²) >= 11 is 0. The number of carbonyl (C=O) groups is 1. The van der Waals surface area contributed by atoms with Crippen LogP contribution in [0, 0.1) is 16.0 Å². The average molecular weight is 408 g/mol. The molecule has 150 valence electrons. The maximum atomic E-state index is 13.3. The fraction of sp³-hybridized carbons (Fsp3) is 0.294. The number of hydrogen-bond acceptors (Lipinski definition) is 7. The normalized spacial score (nSPS) is 12.8. The predicted molar refractivity (Wildman–Crippen MR) is 98.6 cm³/mol. The highest BCUT2D eigenvalue weighted by Crippen LogP contribution is 2.27. The number of hydrogen-bond donors (Lipinski definition) is 2. The Morgan fingerprint density at radius 2 is 2.04 bits per heavy atom. The maximum Gasteiger partial charge on any atom is 0.270 e. The molecule has 1 heterocycles. The van der Waals surface area contributed by atoms with Crippen LogP contribution in [0.5, 0.6) is 0 Å². The molecule has 0 unspecified atom stereocenters. The van der Waals surface area contributed by atoms with E-state index in [9.17, 15) is 23.3 Å². The fourth-order valence-corrected chi connectivity index (χ4v) is 4.48. The molecular weight excluding hydrogens is 388 g/mol. The molecule has 0 aliphatic rings. The van der Waals surface area contributed by atoms with Gasteiger partial charge in [0.2, 0.25) is 10.0 Å². The lowest BCUT2D eigenvalue weighted by molar-refractivity contribution is -0.385. The monoisotopic (exact) mass is 408 g/mol. The molecule has 0 bridgehead atoms. The number of pyridine rings is 1. The Hall–Kier alpha value is -2.89. The lowest BCUT2D eigenvalue weighted by atomic mass is 10.0. The van der Waals surface area contributed by atoms with Gasteiger partial charge >= 0.3 is 0 Å². The van der Waals surface area contributed by atoms with E-state index < -0.39 is 38.5 Å². The zero-order valence-electron chi connectivity index (χ0n) is 15.2. The van der Waals surface area contributed by atoms with Crippen molar-refractivity contribution in [3.63, 3.8) is 0 Å². The van der Waals surface area contributed by atoms with Gasteiger partial charge in [0, 0.05) is 31.1 Å². The van der Waals surface area contributed by atoms with Crippen LogP contribution in [0.25, 0.3) is 0 Å². The van der Waals surface area contributed by atoms with E-state index in [2.05, 4.69) is 4.98 Å². The smallest absolute Gasteiger partial charge is 0.270 e. The van der Waals surface area contributed by atoms with Gasteiger partial charge in [-0.25, -0.2) is 13.9 Å². The molecule has 1 amide bonds. The third-order valence-corrected chi connectivity index (χ3v) is 5.84. The quantitative estimate of drug-likeness (QED) is 0.384. The summed E-state index contributed by atoms with van der Waals surface area (Å²) in [5.41, 5.74) is 1.61. The molecule has 2 rings (SSSR count). The van der Waals surface area contributed by atoms with Crippen molar-refractivity contribution >= 4 is 21.6 Å². The standard InChI is InChI=1S/C17H20N4O6S/c1-12(2)16(17(22)19-23)20(11-13-5-4-8-18-10-13)28(26,27)15-7-3-6-14(9-15)21(24)25/h3-10,12,16,23H,11H2,1-2H3,(H,19,22)/t16-/m1/s1. The van der Waals surface area contributed by atoms with Crippen molar-refractivity contribution in [3.05, 3.63) is 64.5 Å². The van der Waals surface area contributed by atoms with Gasteiger partial charge in [0.15, 0.2) is 0 Å². The molecular formula is C17H20N4O6S. The molecule has 0 aliphatic heterocycles. The van der Waals surface area contributed by atoms with Gasteiger partial charge in [-0.2, -0.15) is 4.31 Å². The van der Waals surface area contributed by atoms with Crippen LogP contribution in [0.2, 0.25) is 0 Å². The van der Waals surface area contributed by atoms with Gasteiger partial charge in [-0.3, -0.25) is 25.1 Å². The van der Waals surface area contributed by atoms with Crippen LogP contribution in [0.4, 0.5) is 5.69 Å². The molecule has 10 nitrogen and oxygen atoms in total. The highest BCUT2D eigenvalue weighted by Gasteiger charge is 2.38. The Balaban J connectivity index is 2.60. The number of carbonyl (C=O) groups excluding carboxylic acids is 1. The summed E-state index contributed by atoms with van der Waals surface area (Å²) in [4.78, 5) is 26.2. The molecule has 0 radical (unpaired) electrons. The summed E-state index contributed by atoms with van der Waals surface area (Å²) in [7, 11) is -4.33. The minimum Gasteiger partial charge on any atom is -0.289 e. The topological polar surface area (TPSA) is 143 Å². The summed E-state index contributed by atoms with van der Waals surface area (Å²) in [5, 5.41) is 20.1. The number of nitro benzene ring substituents is 1. The van der Waals surface area contributed by atoms with Crippen LogP contribution in [0.15, 0.2) is 53.7 Å². The number of sulfonamides is 1. The van der Waals surface area contributed by atoms with E-state index in [-0.39, 0.29) is 11.4 Å². The fourth-order valence-electron chi connectivity index (χ4n) is 2.73. The van der Waals surface area contributed by atoms with Gasteiger partial charge < -0.3 is 0 Å². The van der Waals surface area contributed by atoms with Crippen molar-refractivity contribution in [2.75, 3.05) is 0 Å². The van der Waals surface area contributed by atoms with Gasteiger partial charge in [-0.15, -0.1) is 0 Å². The number of nitro groups is 1. The number of aromatic nitrogens is 1. The number of nitrogens with one attached hydrogen (secondary N) is 1. The third-order valence-electron chi connectivity index (χ3n) is 4.02. The van der Waals surface area contributed by atoms with Crippen LogP contribution in [-0.4, -0.2) is 39.8 Å². The number of rotatable bonds is 8. The van der Waals surface area contributed by atoms with E-state index in [0.717, 1.165) is 10.4 Å². The Morgan fingerprint density at radius 1 is 1.32 bits per heavy atom. The molecule has 1 atom stereocenters. The number of nitrogens with zero attached hydrogens (tertiary/aromatic N) is 3. The summed E-state index contributed by atoms with van der Waals surface area (Å²) in [6.45, 7) is 3.04. The molecule has 2 N–H and O–H groups in total. The van der Waals surface area contributed by atoms with Crippen molar-refractivity contribution in [1.29, 1.82) is 0 Å². The molecule has 0 spiro atoms. The molecule has 1 aromatic carbocycles. The van der Waals surface area contributed by atoms with Crippen molar-refractivity contribution in [2.24, 2.45) is 5.92 Å². The van der Waals surface area contributed by atoms with Crippen LogP contribution in [0.1, 0.15) is 19.4 Å². The number of non-ortho nitro benzene ring substituents is 1. The van der Waals surface area contributed by atoms with Crippen molar-refractivity contribution in [2.45, 2.75) is 31.3 Å². The minimum atomic E-state index is -4.33. The van der Waals surface area contributed by atoms with E-state index in [0.29, 0.717) is 5.56 Å². The summed E-state index contributed by atoms with van der Waals surface area (Å²) in [5.74, 6) is -1.41. The zero-order valence-corrected chi connectivity index (χ0v) is 16.0. The second kappa shape index (κ2) is 8.87. The first kappa shape index (κ1) is 21.4. The molecule has 2 aromatic rings. The highest BCUT2D eigenvalue weighted by molar-refractivity contribution is 7.89. The van der Waals surface area contributed by atoms with Crippen molar-refractivity contribution < 1.29 is 23.3 Å². The number of hydroxylamine groups is 1. The summed E-state index contributed by atoms with van der Waals surface area (Å²) in [6, 6.07) is 6.57. The second-order valence-corrected chi connectivity index (χ2v) is 8.22. The van der Waals surface area contributed by atoms with Gasteiger partial charge in [0.25, 0.3) is 11.6 Å². The predicted octanol–water partition coefficient (Wildman–Crippen LogP) is 1.71. The Morgan fingerprint density at radius 3 is 2.57 bits per heavy atom. The lowest BCUT2D eigenvalue weighted by Crippen LogP contribution is -2.51. The van der Waals surface area contributed by atoms with Crippen LogP contribution < -0.4 is 5.48 Å². The molecule has 0 aliphatic carbocycles. The molecule has 28 heavy (non-hydrogen) atoms. The molecule has 1 aromatic heterocycles. The van der Waals surface area contributed by atoms with Gasteiger partial charge in [0.05, 0.1) is 9.82 Å². The molecule has 11 heteroatoms. The third kappa shape index (κ3) is 4.68. The van der Waals surface area contributed by atoms with Crippen molar-refractivity contribution in [3.8, 4) is 0 Å². The van der Waals surface area contributed by atoms with Crippen LogP contribution >= 0.6 is 0 Å². The largest absolute Gasteiger partial charge is 0.289 e. The molecule has 0 saturated heterocycles. The highest BCUT2D eigenvalue weighted by atomic mass is 32.2. The summed E-state index contributed by atoms with van der Waals surface area (Å²) in [6.07, 6.45) is 2.97. The lowest BCUT2D eigenvalue weighted by Gasteiger charge is -2.31. The van der Waals surface area contributed by atoms with E-state index >= 15 is 0 Å². The molecule has 0 saturated carbocycles. The number of benzene rings is 1. The van der Waals surface area contributed by atoms with Gasteiger partial charge in [-0.05, 0) is 23.6 Å². The first-order chi connectivity index (χ1) is 13.2. The first-order valence-corrected chi connectivity index (χ1v) is 9.71. The number of amides is 1. The zero-order chi connectivity index (χ0) is 20.9. The summed E-state index contributed by atoms with van der Waals surface area (Å²) < 4.78 is 27.5. The second-order valence-electron chi connectivity index (χ2n) is 6.33. The van der Waals surface area contributed by atoms with E-state index in [1.807, 2.05) is 0 Å². The Bertz CT molecular complexity index is 949.